The molecule has 0 heterocycles. The molecular weight excluding hydrogens is 520 g/mol. The lowest BCUT2D eigenvalue weighted by atomic mass is 9.44. The third-order valence-electron chi connectivity index (χ3n) is 12.3. The summed E-state index contributed by atoms with van der Waals surface area (Å²) in [5.74, 6) is -4.80. The first-order chi connectivity index (χ1) is 18.4. The van der Waals surface area contributed by atoms with Crippen LogP contribution in [0.1, 0.15) is 67.7 Å². The summed E-state index contributed by atoms with van der Waals surface area (Å²) >= 11 is 0. The molecule has 9 heteroatoms. The van der Waals surface area contributed by atoms with E-state index in [1.165, 1.54) is 19.1 Å². The first kappa shape index (κ1) is 28.9. The summed E-state index contributed by atoms with van der Waals surface area (Å²) in [5.41, 5.74) is -7.91. The Labute approximate surface area is 234 Å². The molecule has 0 aromatic rings. The maximum absolute atomic E-state index is 17.5. The second-order valence-electron chi connectivity index (χ2n) is 14.3. The molecule has 5 rings (SSSR count). The van der Waals surface area contributed by atoms with Crippen molar-refractivity contribution in [3.05, 3.63) is 23.8 Å². The highest BCUT2D eigenvalue weighted by molar-refractivity contribution is 6.01. The zero-order valence-corrected chi connectivity index (χ0v) is 24.2. The predicted octanol–water partition coefficient (Wildman–Crippen LogP) is 4.58. The number of carbonyl (C=O) groups excluding carboxylic acids is 3. The number of aliphatic hydroxyl groups is 1. The SMILES string of the molecule is C[C@@H]1C[C@H]2[C@@H]3C[C@H](F)C4=CC(=O)C=C[C@]4(C)C3(F)[C@@H](O)C[C@]2(C)[C@@]1(OC(=O)C1C(C)(C)C1(C)C)C(=O)OCC#N. The lowest BCUT2D eigenvalue weighted by Gasteiger charge is -2.63. The highest BCUT2D eigenvalue weighted by Gasteiger charge is 2.80. The number of aliphatic hydroxyl groups excluding tert-OH is 1. The number of allylic oxidation sites excluding steroid dienone is 4. The molecule has 218 valence electrons. The molecule has 0 bridgehead atoms. The molecule has 0 aliphatic heterocycles. The topological polar surface area (TPSA) is 114 Å². The van der Waals surface area contributed by atoms with E-state index in [4.69, 9.17) is 14.7 Å². The predicted molar refractivity (Wildman–Crippen MR) is 140 cm³/mol. The van der Waals surface area contributed by atoms with E-state index in [0.29, 0.717) is 0 Å². The molecule has 1 unspecified atom stereocenters. The minimum atomic E-state index is -2.33. The number of alkyl halides is 2. The molecule has 9 atom stereocenters. The van der Waals surface area contributed by atoms with Gasteiger partial charge in [0, 0.05) is 22.7 Å². The van der Waals surface area contributed by atoms with Gasteiger partial charge in [0.25, 0.3) is 0 Å². The number of esters is 2. The summed E-state index contributed by atoms with van der Waals surface area (Å²) in [7, 11) is 0. The Bertz CT molecular complexity index is 1270. The molecule has 40 heavy (non-hydrogen) atoms. The number of ketones is 1. The van der Waals surface area contributed by atoms with Crippen molar-refractivity contribution < 1.29 is 37.7 Å². The quantitative estimate of drug-likeness (QED) is 0.502. The number of carbonyl (C=O) groups is 3. The smallest absolute Gasteiger partial charge is 0.352 e. The molecule has 0 aromatic heterocycles. The second kappa shape index (κ2) is 8.47. The molecule has 0 aromatic carbocycles. The van der Waals surface area contributed by atoms with Gasteiger partial charge in [-0.2, -0.15) is 5.26 Å². The number of nitriles is 1. The number of halogens is 2. The highest BCUT2D eigenvalue weighted by atomic mass is 19.1. The first-order valence-electron chi connectivity index (χ1n) is 14.1. The maximum atomic E-state index is 17.5. The van der Waals surface area contributed by atoms with E-state index < -0.39 is 93.2 Å². The number of hydrogen-bond acceptors (Lipinski definition) is 7. The average molecular weight is 560 g/mol. The van der Waals surface area contributed by atoms with Gasteiger partial charge in [0.1, 0.15) is 12.2 Å². The van der Waals surface area contributed by atoms with E-state index >= 15 is 8.78 Å². The van der Waals surface area contributed by atoms with Crippen molar-refractivity contribution >= 4 is 17.7 Å². The lowest BCUT2D eigenvalue weighted by Crippen LogP contribution is -2.71. The Balaban J connectivity index is 1.62. The molecule has 0 radical (unpaired) electrons. The Kier molecular flexibility index (Phi) is 6.12. The van der Waals surface area contributed by atoms with Crippen LogP contribution in [-0.2, 0) is 23.9 Å². The largest absolute Gasteiger partial charge is 0.447 e. The molecule has 5 aliphatic carbocycles. The summed E-state index contributed by atoms with van der Waals surface area (Å²) in [6, 6.07) is 1.77. The van der Waals surface area contributed by atoms with E-state index in [-0.39, 0.29) is 24.8 Å². The van der Waals surface area contributed by atoms with Crippen LogP contribution < -0.4 is 0 Å². The number of rotatable bonds is 4. The van der Waals surface area contributed by atoms with Crippen molar-refractivity contribution in [3.63, 3.8) is 0 Å². The number of ether oxygens (including phenoxy) is 2. The molecule has 0 amide bonds. The minimum absolute atomic E-state index is 0.0109. The molecule has 7 nitrogen and oxygen atoms in total. The molecule has 4 fully saturated rings. The van der Waals surface area contributed by atoms with Crippen LogP contribution in [0.15, 0.2) is 23.8 Å². The Morgan fingerprint density at radius 1 is 1.12 bits per heavy atom. The van der Waals surface area contributed by atoms with Crippen LogP contribution in [0.25, 0.3) is 0 Å². The van der Waals surface area contributed by atoms with Gasteiger partial charge in [-0.3, -0.25) is 9.59 Å². The van der Waals surface area contributed by atoms with Crippen molar-refractivity contribution in [1.29, 1.82) is 5.26 Å². The normalized spacial score (nSPS) is 46.3. The van der Waals surface area contributed by atoms with Gasteiger partial charge in [-0.15, -0.1) is 0 Å². The van der Waals surface area contributed by atoms with Crippen molar-refractivity contribution in [2.75, 3.05) is 6.61 Å². The zero-order valence-electron chi connectivity index (χ0n) is 24.2. The molecule has 0 spiro atoms. The number of fused-ring (bicyclic) bond motifs is 5. The van der Waals surface area contributed by atoms with Crippen LogP contribution in [0.3, 0.4) is 0 Å². The third kappa shape index (κ3) is 3.20. The van der Waals surface area contributed by atoms with Crippen LogP contribution in [0.5, 0.6) is 0 Å². The highest BCUT2D eigenvalue weighted by Crippen LogP contribution is 2.73. The van der Waals surface area contributed by atoms with E-state index in [1.807, 2.05) is 27.7 Å². The van der Waals surface area contributed by atoms with Gasteiger partial charge >= 0.3 is 11.9 Å². The minimum Gasteiger partial charge on any atom is -0.447 e. The van der Waals surface area contributed by atoms with Crippen molar-refractivity contribution in [1.82, 2.24) is 0 Å². The van der Waals surface area contributed by atoms with Gasteiger partial charge in [-0.1, -0.05) is 47.6 Å². The van der Waals surface area contributed by atoms with Crippen molar-refractivity contribution in [3.8, 4) is 6.07 Å². The van der Waals surface area contributed by atoms with Gasteiger partial charge in [-0.25, -0.2) is 13.6 Å². The molecule has 4 saturated carbocycles. The van der Waals surface area contributed by atoms with Crippen LogP contribution in [-0.4, -0.2) is 53.0 Å². The second-order valence-corrected chi connectivity index (χ2v) is 14.3. The van der Waals surface area contributed by atoms with E-state index in [0.717, 1.165) is 6.08 Å². The van der Waals surface area contributed by atoms with Crippen molar-refractivity contribution in [2.45, 2.75) is 91.3 Å². The van der Waals surface area contributed by atoms with E-state index in [9.17, 15) is 19.5 Å². The van der Waals surface area contributed by atoms with Gasteiger partial charge in [0.15, 0.2) is 18.1 Å². The maximum Gasteiger partial charge on any atom is 0.352 e. The fraction of sp³-hybridized carbons (Fsp3) is 0.742. The summed E-state index contributed by atoms with van der Waals surface area (Å²) < 4.78 is 44.9. The van der Waals surface area contributed by atoms with Crippen molar-refractivity contribution in [2.24, 2.45) is 45.3 Å². The van der Waals surface area contributed by atoms with Crippen LogP contribution in [0.4, 0.5) is 8.78 Å². The van der Waals surface area contributed by atoms with Gasteiger partial charge in [0.2, 0.25) is 5.60 Å². The average Bonchev–Trinajstić information content (AvgIpc) is 3.17. The lowest BCUT2D eigenvalue weighted by molar-refractivity contribution is -0.239. The van der Waals surface area contributed by atoms with Gasteiger partial charge in [0.05, 0.1) is 12.0 Å². The Morgan fingerprint density at radius 3 is 2.33 bits per heavy atom. The number of hydrogen-bond donors (Lipinski definition) is 1. The van der Waals surface area contributed by atoms with Crippen LogP contribution >= 0.6 is 0 Å². The standard InChI is InChI=1S/C31H39F2NO6/c1-16-12-18-19-14-21(32)20-13-17(35)8-9-28(20,6)30(19,33)22(36)15-29(18,7)31(16,25(38)39-11-10-34)40-24(37)23-26(2,3)27(23,4)5/h8-9,13,16,18-19,21-23,36H,11-12,14-15H2,1-7H3/t16-,18+,19+,21+,22+,28+,29+,30?,31+/m1/s1. The molecule has 1 N–H and O–H groups in total. The number of nitrogens with zero attached hydrogens (tertiary/aromatic N) is 1. The van der Waals surface area contributed by atoms with Gasteiger partial charge in [-0.05, 0) is 60.7 Å². The zero-order chi connectivity index (χ0) is 29.8. The van der Waals surface area contributed by atoms with Gasteiger partial charge < -0.3 is 14.6 Å². The Morgan fingerprint density at radius 2 is 1.75 bits per heavy atom. The van der Waals surface area contributed by atoms with Crippen LogP contribution in [0, 0.1) is 56.7 Å². The summed E-state index contributed by atoms with van der Waals surface area (Å²) in [6.07, 6.45) is 0.0707. The molecule has 0 saturated heterocycles. The van der Waals surface area contributed by atoms with E-state index in [2.05, 4.69) is 0 Å². The fourth-order valence-electron chi connectivity index (χ4n) is 9.43. The molecule has 5 aliphatic rings. The van der Waals surface area contributed by atoms with Crippen LogP contribution in [0.2, 0.25) is 0 Å². The summed E-state index contributed by atoms with van der Waals surface area (Å²) in [6.45, 7) is 12.1. The Hall–Kier alpha value is -2.60. The summed E-state index contributed by atoms with van der Waals surface area (Å²) in [5, 5.41) is 20.8. The third-order valence-corrected chi connectivity index (χ3v) is 12.3. The first-order valence-corrected chi connectivity index (χ1v) is 14.1. The van der Waals surface area contributed by atoms with E-state index in [1.54, 1.807) is 19.9 Å². The fourth-order valence-corrected chi connectivity index (χ4v) is 9.43. The molecular formula is C31H39F2NO6. The summed E-state index contributed by atoms with van der Waals surface area (Å²) in [4.78, 5) is 39.7. The monoisotopic (exact) mass is 559 g/mol.